The minimum Gasteiger partial charge on any atom is -0.316 e. The van der Waals surface area contributed by atoms with Crippen LogP contribution in [-0.2, 0) is 13.1 Å². The third-order valence-corrected chi connectivity index (χ3v) is 3.69. The molecule has 3 heteroatoms. The molecule has 0 radical (unpaired) electrons. The molecule has 1 aliphatic carbocycles. The lowest BCUT2D eigenvalue weighted by atomic mass is 10.1. The van der Waals surface area contributed by atoms with Gasteiger partial charge in [-0.1, -0.05) is 19.9 Å². The molecule has 1 N–H and O–H groups in total. The summed E-state index contributed by atoms with van der Waals surface area (Å²) in [5.41, 5.74) is 2.46. The van der Waals surface area contributed by atoms with Gasteiger partial charge in [-0.25, -0.2) is 0 Å². The lowest BCUT2D eigenvalue weighted by Gasteiger charge is -2.22. The second-order valence-corrected chi connectivity index (χ2v) is 6.07. The molecule has 1 fully saturated rings. The number of rotatable bonds is 8. The smallest absolute Gasteiger partial charge is 0.0544 e. The number of nitrogens with zero attached hydrogens (tertiary/aromatic N) is 2. The maximum atomic E-state index is 4.59. The molecule has 106 valence electrons. The fraction of sp³-hybridized carbons (Fsp3) is 0.688. The first-order valence-corrected chi connectivity index (χ1v) is 7.51. The van der Waals surface area contributed by atoms with Crippen molar-refractivity contribution >= 4 is 0 Å². The third kappa shape index (κ3) is 4.92. The van der Waals surface area contributed by atoms with E-state index >= 15 is 0 Å². The van der Waals surface area contributed by atoms with Gasteiger partial charge in [0.1, 0.15) is 0 Å². The van der Waals surface area contributed by atoms with Crippen LogP contribution in [0.3, 0.4) is 0 Å². The Morgan fingerprint density at radius 2 is 2.16 bits per heavy atom. The molecule has 1 heterocycles. The van der Waals surface area contributed by atoms with Crippen LogP contribution in [-0.4, -0.2) is 29.5 Å². The van der Waals surface area contributed by atoms with Gasteiger partial charge >= 0.3 is 0 Å². The number of aromatic nitrogens is 1. The van der Waals surface area contributed by atoms with Crippen molar-refractivity contribution in [3.63, 3.8) is 0 Å². The Labute approximate surface area is 117 Å². The monoisotopic (exact) mass is 261 g/mol. The van der Waals surface area contributed by atoms with Crippen LogP contribution in [0.5, 0.6) is 0 Å². The van der Waals surface area contributed by atoms with Crippen LogP contribution in [0.4, 0.5) is 0 Å². The molecule has 1 aromatic rings. The van der Waals surface area contributed by atoms with Crippen molar-refractivity contribution in [1.29, 1.82) is 0 Å². The van der Waals surface area contributed by atoms with E-state index in [-0.39, 0.29) is 0 Å². The molecule has 0 aliphatic heterocycles. The minimum atomic E-state index is 0.784. The minimum absolute atomic E-state index is 0.784. The number of pyridine rings is 1. The van der Waals surface area contributed by atoms with Gasteiger partial charge in [-0.05, 0) is 50.4 Å². The second-order valence-electron chi connectivity index (χ2n) is 6.07. The van der Waals surface area contributed by atoms with Gasteiger partial charge in [0, 0.05) is 25.3 Å². The predicted molar refractivity (Wildman–Crippen MR) is 79.9 cm³/mol. The highest BCUT2D eigenvalue weighted by atomic mass is 15.2. The first kappa shape index (κ1) is 14.5. The molecular weight excluding hydrogens is 234 g/mol. The molecule has 0 amide bonds. The van der Waals surface area contributed by atoms with E-state index in [1.807, 2.05) is 13.2 Å². The highest BCUT2D eigenvalue weighted by Gasteiger charge is 2.28. The van der Waals surface area contributed by atoms with Crippen molar-refractivity contribution in [2.45, 2.75) is 52.2 Å². The standard InChI is InChI=1S/C16H27N3/c1-13(2)8-9-19(16-6-7-16)12-15-5-4-14(10-17-3)11-18-15/h4-5,11,13,16-17H,6-10,12H2,1-3H3. The lowest BCUT2D eigenvalue weighted by molar-refractivity contribution is 0.237. The first-order valence-electron chi connectivity index (χ1n) is 7.51. The Morgan fingerprint density at radius 1 is 1.37 bits per heavy atom. The zero-order chi connectivity index (χ0) is 13.7. The van der Waals surface area contributed by atoms with Gasteiger partial charge in [-0.2, -0.15) is 0 Å². The molecule has 3 nitrogen and oxygen atoms in total. The lowest BCUT2D eigenvalue weighted by Crippen LogP contribution is -2.28. The highest BCUT2D eigenvalue weighted by molar-refractivity contribution is 5.14. The van der Waals surface area contributed by atoms with Gasteiger partial charge in [-0.3, -0.25) is 9.88 Å². The molecule has 1 aliphatic rings. The summed E-state index contributed by atoms with van der Waals surface area (Å²) in [6.45, 7) is 7.72. The average molecular weight is 261 g/mol. The fourth-order valence-electron chi connectivity index (χ4n) is 2.32. The van der Waals surface area contributed by atoms with E-state index in [0.29, 0.717) is 0 Å². The van der Waals surface area contributed by atoms with Crippen LogP contribution in [0.1, 0.15) is 44.4 Å². The van der Waals surface area contributed by atoms with Crippen molar-refractivity contribution in [2.75, 3.05) is 13.6 Å². The SMILES string of the molecule is CNCc1ccc(CN(CCC(C)C)C2CC2)nc1. The maximum absolute atomic E-state index is 4.59. The first-order chi connectivity index (χ1) is 9.19. The number of nitrogens with one attached hydrogen (secondary N) is 1. The summed E-state index contributed by atoms with van der Waals surface area (Å²) in [5.74, 6) is 0.784. The van der Waals surface area contributed by atoms with E-state index in [1.165, 1.54) is 37.1 Å². The van der Waals surface area contributed by atoms with Gasteiger partial charge in [0.15, 0.2) is 0 Å². The van der Waals surface area contributed by atoms with Gasteiger partial charge in [0.2, 0.25) is 0 Å². The summed E-state index contributed by atoms with van der Waals surface area (Å²) in [7, 11) is 1.97. The van der Waals surface area contributed by atoms with E-state index in [9.17, 15) is 0 Å². The Bertz CT molecular complexity index is 368. The largest absolute Gasteiger partial charge is 0.316 e. The summed E-state index contributed by atoms with van der Waals surface area (Å²) >= 11 is 0. The van der Waals surface area contributed by atoms with Crippen LogP contribution >= 0.6 is 0 Å². The normalized spacial score (nSPS) is 15.4. The molecule has 1 aromatic heterocycles. The molecule has 0 aromatic carbocycles. The van der Waals surface area contributed by atoms with E-state index in [1.54, 1.807) is 0 Å². The zero-order valence-electron chi connectivity index (χ0n) is 12.5. The van der Waals surface area contributed by atoms with Crippen molar-refractivity contribution in [1.82, 2.24) is 15.2 Å². The topological polar surface area (TPSA) is 28.2 Å². The number of hydrogen-bond acceptors (Lipinski definition) is 3. The van der Waals surface area contributed by atoms with Crippen LogP contribution in [0.2, 0.25) is 0 Å². The Morgan fingerprint density at radius 3 is 2.68 bits per heavy atom. The summed E-state index contributed by atoms with van der Waals surface area (Å²) in [6, 6.07) is 5.18. The van der Waals surface area contributed by atoms with E-state index in [0.717, 1.165) is 25.0 Å². The third-order valence-electron chi connectivity index (χ3n) is 3.69. The molecule has 0 bridgehead atoms. The van der Waals surface area contributed by atoms with Crippen LogP contribution in [0.25, 0.3) is 0 Å². The molecule has 0 spiro atoms. The van der Waals surface area contributed by atoms with Crippen molar-refractivity contribution in [2.24, 2.45) is 5.92 Å². The Balaban J connectivity index is 1.89. The Hall–Kier alpha value is -0.930. The summed E-state index contributed by atoms with van der Waals surface area (Å²) in [4.78, 5) is 7.20. The molecular formula is C16H27N3. The van der Waals surface area contributed by atoms with Crippen LogP contribution in [0.15, 0.2) is 18.3 Å². The predicted octanol–water partition coefficient (Wildman–Crippen LogP) is 2.81. The molecule has 2 rings (SSSR count). The molecule has 0 saturated heterocycles. The van der Waals surface area contributed by atoms with Crippen LogP contribution < -0.4 is 5.32 Å². The second kappa shape index (κ2) is 7.01. The highest BCUT2D eigenvalue weighted by Crippen LogP contribution is 2.28. The zero-order valence-corrected chi connectivity index (χ0v) is 12.5. The van der Waals surface area contributed by atoms with Crippen molar-refractivity contribution < 1.29 is 0 Å². The van der Waals surface area contributed by atoms with Gasteiger partial charge in [0.05, 0.1) is 5.69 Å². The number of hydrogen-bond donors (Lipinski definition) is 1. The van der Waals surface area contributed by atoms with Crippen molar-refractivity contribution in [3.8, 4) is 0 Å². The summed E-state index contributed by atoms with van der Waals surface area (Å²) < 4.78 is 0. The fourth-order valence-corrected chi connectivity index (χ4v) is 2.32. The average Bonchev–Trinajstić information content (AvgIpc) is 3.21. The van der Waals surface area contributed by atoms with Crippen molar-refractivity contribution in [3.05, 3.63) is 29.6 Å². The summed E-state index contributed by atoms with van der Waals surface area (Å²) in [6.07, 6.45) is 6.03. The molecule has 0 unspecified atom stereocenters. The molecule has 19 heavy (non-hydrogen) atoms. The Kier molecular flexibility index (Phi) is 5.34. The molecule has 0 atom stereocenters. The van der Waals surface area contributed by atoms with E-state index in [4.69, 9.17) is 0 Å². The summed E-state index contributed by atoms with van der Waals surface area (Å²) in [5, 5.41) is 3.15. The maximum Gasteiger partial charge on any atom is 0.0544 e. The van der Waals surface area contributed by atoms with E-state index in [2.05, 4.69) is 41.2 Å². The van der Waals surface area contributed by atoms with Gasteiger partial charge < -0.3 is 5.32 Å². The van der Waals surface area contributed by atoms with Gasteiger partial charge in [-0.15, -0.1) is 0 Å². The van der Waals surface area contributed by atoms with Crippen LogP contribution in [0, 0.1) is 5.92 Å². The van der Waals surface area contributed by atoms with Gasteiger partial charge in [0.25, 0.3) is 0 Å². The quantitative estimate of drug-likeness (QED) is 0.780. The molecule has 1 saturated carbocycles. The van der Waals surface area contributed by atoms with E-state index < -0.39 is 0 Å².